The van der Waals surface area contributed by atoms with Crippen LogP contribution in [0, 0.1) is 11.3 Å². The van der Waals surface area contributed by atoms with Crippen molar-refractivity contribution in [2.24, 2.45) is 11.3 Å². The van der Waals surface area contributed by atoms with Gasteiger partial charge < -0.3 is 14.8 Å². The molecule has 2 aliphatic carbocycles. The molecule has 2 aliphatic heterocycles. The van der Waals surface area contributed by atoms with Crippen LogP contribution in [0.4, 0.5) is 0 Å². The van der Waals surface area contributed by atoms with E-state index < -0.39 is 0 Å². The standard InChI is InChI=1S/C21H26N6O2/c28-17(10-15-4-7-23-25-15)24-16-11-20(27-9-8-22-18(16)27)12-26(13-20)19(29)21(5-1-6-21)14-2-3-14/h4,7-9,14,16H,1-3,5-6,10-13H2,(H,23,25)(H,24,28). The van der Waals surface area contributed by atoms with E-state index in [4.69, 9.17) is 0 Å². The molecule has 4 aliphatic rings. The molecule has 8 heteroatoms. The number of aromatic nitrogens is 4. The molecule has 2 aromatic rings. The zero-order valence-electron chi connectivity index (χ0n) is 16.4. The first-order chi connectivity index (χ1) is 14.1. The van der Waals surface area contributed by atoms with E-state index in [9.17, 15) is 9.59 Å². The smallest absolute Gasteiger partial charge is 0.229 e. The third kappa shape index (κ3) is 2.50. The van der Waals surface area contributed by atoms with Crippen LogP contribution < -0.4 is 5.32 Å². The molecule has 2 aromatic heterocycles. The van der Waals surface area contributed by atoms with Gasteiger partial charge in [-0.1, -0.05) is 6.42 Å². The first-order valence-corrected chi connectivity index (χ1v) is 10.7. The third-order valence-electron chi connectivity index (χ3n) is 7.61. The lowest BCUT2D eigenvalue weighted by atomic mass is 9.63. The highest BCUT2D eigenvalue weighted by atomic mass is 16.2. The minimum absolute atomic E-state index is 0.0414. The second-order valence-electron chi connectivity index (χ2n) is 9.41. The predicted octanol–water partition coefficient (Wildman–Crippen LogP) is 1.53. The highest BCUT2D eigenvalue weighted by Crippen LogP contribution is 2.59. The maximum Gasteiger partial charge on any atom is 0.229 e. The molecule has 1 unspecified atom stereocenters. The quantitative estimate of drug-likeness (QED) is 0.804. The number of carbonyl (C=O) groups excluding carboxylic acids is 2. The number of imidazole rings is 1. The average molecular weight is 394 g/mol. The van der Waals surface area contributed by atoms with Gasteiger partial charge >= 0.3 is 0 Å². The summed E-state index contributed by atoms with van der Waals surface area (Å²) in [7, 11) is 0. The summed E-state index contributed by atoms with van der Waals surface area (Å²) in [6.07, 6.45) is 12.3. The Hall–Kier alpha value is -2.64. The van der Waals surface area contributed by atoms with Crippen molar-refractivity contribution in [3.05, 3.63) is 36.2 Å². The van der Waals surface area contributed by atoms with Gasteiger partial charge in [-0.25, -0.2) is 4.98 Å². The number of carbonyl (C=O) groups is 2. The van der Waals surface area contributed by atoms with E-state index in [-0.39, 0.29) is 29.3 Å². The molecule has 8 nitrogen and oxygen atoms in total. The maximum absolute atomic E-state index is 13.3. The number of aromatic amines is 1. The van der Waals surface area contributed by atoms with Crippen molar-refractivity contribution in [2.75, 3.05) is 13.1 Å². The Kier molecular flexibility index (Phi) is 3.53. The Morgan fingerprint density at radius 3 is 2.72 bits per heavy atom. The maximum atomic E-state index is 13.3. The summed E-state index contributed by atoms with van der Waals surface area (Å²) in [6, 6.07) is 1.70. The Balaban J connectivity index is 1.15. The van der Waals surface area contributed by atoms with Gasteiger partial charge in [0, 0.05) is 43.8 Å². The molecule has 4 heterocycles. The highest BCUT2D eigenvalue weighted by Gasteiger charge is 2.60. The van der Waals surface area contributed by atoms with Crippen molar-refractivity contribution in [1.29, 1.82) is 0 Å². The largest absolute Gasteiger partial charge is 0.346 e. The van der Waals surface area contributed by atoms with Crippen LogP contribution in [0.15, 0.2) is 24.7 Å². The minimum atomic E-state index is -0.123. The molecule has 0 bridgehead atoms. The fourth-order valence-corrected chi connectivity index (χ4v) is 5.86. The highest BCUT2D eigenvalue weighted by molar-refractivity contribution is 5.85. The van der Waals surface area contributed by atoms with E-state index >= 15 is 0 Å². The summed E-state index contributed by atoms with van der Waals surface area (Å²) in [5, 5.41) is 9.86. The van der Waals surface area contributed by atoms with Crippen LogP contribution in [-0.4, -0.2) is 49.6 Å². The van der Waals surface area contributed by atoms with Crippen molar-refractivity contribution < 1.29 is 9.59 Å². The summed E-state index contributed by atoms with van der Waals surface area (Å²) in [6.45, 7) is 1.47. The van der Waals surface area contributed by atoms with Crippen LogP contribution in [0.5, 0.6) is 0 Å². The number of fused-ring (bicyclic) bond motifs is 2. The van der Waals surface area contributed by atoms with E-state index in [1.54, 1.807) is 12.4 Å². The summed E-state index contributed by atoms with van der Waals surface area (Å²) in [4.78, 5) is 32.3. The van der Waals surface area contributed by atoms with E-state index in [1.165, 1.54) is 19.3 Å². The Labute approximate surface area is 169 Å². The van der Waals surface area contributed by atoms with Gasteiger partial charge in [0.1, 0.15) is 5.82 Å². The van der Waals surface area contributed by atoms with Gasteiger partial charge in [-0.3, -0.25) is 14.7 Å². The van der Waals surface area contributed by atoms with Gasteiger partial charge in [-0.05, 0) is 37.7 Å². The molecular formula is C21H26N6O2. The lowest BCUT2D eigenvalue weighted by molar-refractivity contribution is -0.161. The summed E-state index contributed by atoms with van der Waals surface area (Å²) in [5.74, 6) is 1.86. The molecule has 2 saturated carbocycles. The Morgan fingerprint density at radius 2 is 2.07 bits per heavy atom. The van der Waals surface area contributed by atoms with Gasteiger partial charge in [0.05, 0.1) is 23.4 Å². The molecule has 2 N–H and O–H groups in total. The Morgan fingerprint density at radius 1 is 1.24 bits per heavy atom. The minimum Gasteiger partial charge on any atom is -0.346 e. The molecule has 3 fully saturated rings. The topological polar surface area (TPSA) is 95.9 Å². The number of H-pyrrole nitrogens is 1. The summed E-state index contributed by atoms with van der Waals surface area (Å²) >= 11 is 0. The van der Waals surface area contributed by atoms with E-state index in [0.717, 1.165) is 43.9 Å². The van der Waals surface area contributed by atoms with Crippen LogP contribution >= 0.6 is 0 Å². The molecule has 1 saturated heterocycles. The van der Waals surface area contributed by atoms with Gasteiger partial charge in [-0.15, -0.1) is 0 Å². The van der Waals surface area contributed by atoms with Crippen LogP contribution in [0.1, 0.15) is 56.1 Å². The van der Waals surface area contributed by atoms with Crippen molar-refractivity contribution in [3.8, 4) is 0 Å². The van der Waals surface area contributed by atoms with Crippen molar-refractivity contribution in [1.82, 2.24) is 30.0 Å². The normalized spacial score (nSPS) is 25.9. The van der Waals surface area contributed by atoms with Crippen molar-refractivity contribution in [2.45, 2.75) is 56.5 Å². The number of rotatable bonds is 5. The number of hydrogen-bond donors (Lipinski definition) is 2. The van der Waals surface area contributed by atoms with E-state index in [1.807, 2.05) is 12.3 Å². The predicted molar refractivity (Wildman–Crippen MR) is 104 cm³/mol. The fourth-order valence-electron chi connectivity index (χ4n) is 5.86. The zero-order valence-corrected chi connectivity index (χ0v) is 16.4. The van der Waals surface area contributed by atoms with Crippen LogP contribution in [0.2, 0.25) is 0 Å². The number of hydrogen-bond acceptors (Lipinski definition) is 4. The lowest BCUT2D eigenvalue weighted by Gasteiger charge is -2.54. The molecular weight excluding hydrogens is 368 g/mol. The molecule has 6 rings (SSSR count). The number of likely N-dealkylation sites (tertiary alicyclic amines) is 1. The van der Waals surface area contributed by atoms with Gasteiger partial charge in [0.2, 0.25) is 11.8 Å². The van der Waals surface area contributed by atoms with Crippen LogP contribution in [0.25, 0.3) is 0 Å². The molecule has 0 aromatic carbocycles. The molecule has 152 valence electrons. The molecule has 29 heavy (non-hydrogen) atoms. The second-order valence-corrected chi connectivity index (χ2v) is 9.41. The van der Waals surface area contributed by atoms with Crippen molar-refractivity contribution >= 4 is 11.8 Å². The Bertz CT molecular complexity index is 950. The lowest BCUT2D eigenvalue weighted by Crippen LogP contribution is -2.66. The third-order valence-corrected chi connectivity index (χ3v) is 7.61. The van der Waals surface area contributed by atoms with Gasteiger partial charge in [0.15, 0.2) is 0 Å². The second kappa shape index (κ2) is 5.93. The van der Waals surface area contributed by atoms with E-state index in [0.29, 0.717) is 11.8 Å². The SMILES string of the molecule is O=C(Cc1ccn[nH]1)NC1CC2(CN(C(=O)C3(C4CC4)CCC3)C2)n2ccnc21. The summed E-state index contributed by atoms with van der Waals surface area (Å²) in [5.41, 5.74) is 0.627. The fraction of sp³-hybridized carbons (Fsp3) is 0.619. The zero-order chi connectivity index (χ0) is 19.6. The molecule has 1 spiro atoms. The molecule has 0 radical (unpaired) electrons. The molecule has 2 amide bonds. The first-order valence-electron chi connectivity index (χ1n) is 10.7. The number of amides is 2. The van der Waals surface area contributed by atoms with Gasteiger partial charge in [-0.2, -0.15) is 5.10 Å². The van der Waals surface area contributed by atoms with E-state index in [2.05, 4.69) is 30.0 Å². The monoisotopic (exact) mass is 394 g/mol. The van der Waals surface area contributed by atoms with Crippen LogP contribution in [0.3, 0.4) is 0 Å². The first kappa shape index (κ1) is 17.2. The number of nitrogens with zero attached hydrogens (tertiary/aromatic N) is 4. The number of nitrogens with one attached hydrogen (secondary N) is 2. The molecule has 1 atom stereocenters. The summed E-state index contributed by atoms with van der Waals surface area (Å²) < 4.78 is 2.20. The average Bonchev–Trinajstić information content (AvgIpc) is 3.05. The van der Waals surface area contributed by atoms with Crippen LogP contribution in [-0.2, 0) is 21.5 Å². The van der Waals surface area contributed by atoms with Crippen molar-refractivity contribution in [3.63, 3.8) is 0 Å². The van der Waals surface area contributed by atoms with Gasteiger partial charge in [0.25, 0.3) is 0 Å².